The first kappa shape index (κ1) is 20.4. The van der Waals surface area contributed by atoms with Gasteiger partial charge in [-0.25, -0.2) is 19.9 Å². The molecule has 2 fully saturated rings. The number of rotatable bonds is 8. The molecule has 2 aliphatic rings. The summed E-state index contributed by atoms with van der Waals surface area (Å²) < 4.78 is 2.36. The third-order valence-corrected chi connectivity index (χ3v) is 7.39. The highest BCUT2D eigenvalue weighted by Crippen LogP contribution is 2.39. The first-order valence-electron chi connectivity index (χ1n) is 12.3. The molecular weight excluding hydrogens is 410 g/mol. The SMILES string of the molecule is CNc1ncnc2c1ccn2C1CCC(CCc2ccc3cnc(NCC4CC4)nc3c2)C1. The molecule has 0 radical (unpaired) electrons. The van der Waals surface area contributed by atoms with Crippen LogP contribution in [0.25, 0.3) is 21.9 Å². The maximum absolute atomic E-state index is 4.76. The number of benzene rings is 1. The van der Waals surface area contributed by atoms with E-state index >= 15 is 0 Å². The molecule has 7 nitrogen and oxygen atoms in total. The van der Waals surface area contributed by atoms with Gasteiger partial charge in [0, 0.05) is 37.4 Å². The second-order valence-corrected chi connectivity index (χ2v) is 9.72. The summed E-state index contributed by atoms with van der Waals surface area (Å²) in [7, 11) is 1.91. The fraction of sp³-hybridized carbons (Fsp3) is 0.462. The van der Waals surface area contributed by atoms with E-state index in [1.54, 1.807) is 6.33 Å². The third kappa shape index (κ3) is 4.24. The summed E-state index contributed by atoms with van der Waals surface area (Å²) in [5, 5.41) is 8.78. The summed E-state index contributed by atoms with van der Waals surface area (Å²) in [6.45, 7) is 0.993. The number of hydrogen-bond acceptors (Lipinski definition) is 6. The number of hydrogen-bond donors (Lipinski definition) is 2. The van der Waals surface area contributed by atoms with Crippen molar-refractivity contribution in [3.05, 3.63) is 48.5 Å². The van der Waals surface area contributed by atoms with Gasteiger partial charge in [0.25, 0.3) is 0 Å². The van der Waals surface area contributed by atoms with E-state index in [9.17, 15) is 0 Å². The highest BCUT2D eigenvalue weighted by atomic mass is 15.1. The zero-order chi connectivity index (χ0) is 22.2. The number of anilines is 2. The minimum atomic E-state index is 0.525. The van der Waals surface area contributed by atoms with E-state index in [0.717, 1.165) is 58.5 Å². The zero-order valence-electron chi connectivity index (χ0n) is 19.2. The van der Waals surface area contributed by atoms with Gasteiger partial charge >= 0.3 is 0 Å². The van der Waals surface area contributed by atoms with Gasteiger partial charge in [0.1, 0.15) is 17.8 Å². The largest absolute Gasteiger partial charge is 0.372 e. The summed E-state index contributed by atoms with van der Waals surface area (Å²) in [6, 6.07) is 9.32. The Balaban J connectivity index is 1.10. The van der Waals surface area contributed by atoms with Crippen LogP contribution in [0.1, 0.15) is 50.1 Å². The van der Waals surface area contributed by atoms with Crippen LogP contribution in [0.5, 0.6) is 0 Å². The Morgan fingerprint density at radius 3 is 2.82 bits per heavy atom. The monoisotopic (exact) mass is 441 g/mol. The lowest BCUT2D eigenvalue weighted by molar-refractivity contribution is 0.461. The number of nitrogens with zero attached hydrogens (tertiary/aromatic N) is 5. The van der Waals surface area contributed by atoms with E-state index in [-0.39, 0.29) is 0 Å². The molecule has 0 spiro atoms. The van der Waals surface area contributed by atoms with Gasteiger partial charge in [0.05, 0.1) is 10.9 Å². The fourth-order valence-corrected chi connectivity index (χ4v) is 5.27. The first-order chi connectivity index (χ1) is 16.3. The van der Waals surface area contributed by atoms with E-state index < -0.39 is 0 Å². The van der Waals surface area contributed by atoms with Gasteiger partial charge in [-0.1, -0.05) is 12.1 Å². The standard InChI is InChI=1S/C26H31N7/c1-27-24-22-10-11-33(25(22)31-16-30-24)21-9-7-17(12-21)2-3-18-6-8-20-15-29-26(32-23(20)13-18)28-14-19-4-5-19/h6,8,10-11,13,15-17,19,21H,2-5,7,9,12,14H2,1H3,(H,27,30,31)(H,28,29,32). The van der Waals surface area contributed by atoms with Crippen LogP contribution in [0.4, 0.5) is 11.8 Å². The zero-order valence-corrected chi connectivity index (χ0v) is 19.2. The number of fused-ring (bicyclic) bond motifs is 2. The Kier molecular flexibility index (Phi) is 5.32. The van der Waals surface area contributed by atoms with Gasteiger partial charge in [-0.2, -0.15) is 0 Å². The molecule has 0 bridgehead atoms. The minimum Gasteiger partial charge on any atom is -0.372 e. The second kappa shape index (κ2) is 8.61. The summed E-state index contributed by atoms with van der Waals surface area (Å²) >= 11 is 0. The van der Waals surface area contributed by atoms with Gasteiger partial charge in [0.15, 0.2) is 0 Å². The molecule has 7 heteroatoms. The molecule has 3 aromatic heterocycles. The van der Waals surface area contributed by atoms with Crippen molar-refractivity contribution in [3.63, 3.8) is 0 Å². The van der Waals surface area contributed by atoms with Crippen LogP contribution in [-0.2, 0) is 6.42 Å². The van der Waals surface area contributed by atoms with Crippen LogP contribution >= 0.6 is 0 Å². The van der Waals surface area contributed by atoms with Crippen molar-refractivity contribution in [1.29, 1.82) is 0 Å². The second-order valence-electron chi connectivity index (χ2n) is 9.72. The average Bonchev–Trinajstić information content (AvgIpc) is 3.39. The van der Waals surface area contributed by atoms with Crippen molar-refractivity contribution < 1.29 is 0 Å². The van der Waals surface area contributed by atoms with Crippen molar-refractivity contribution in [3.8, 4) is 0 Å². The summed E-state index contributed by atoms with van der Waals surface area (Å²) in [5.41, 5.74) is 3.46. The van der Waals surface area contributed by atoms with Crippen molar-refractivity contribution in [2.24, 2.45) is 11.8 Å². The Morgan fingerprint density at radius 2 is 1.94 bits per heavy atom. The molecule has 33 heavy (non-hydrogen) atoms. The van der Waals surface area contributed by atoms with Crippen LogP contribution in [0, 0.1) is 11.8 Å². The first-order valence-corrected chi connectivity index (χ1v) is 12.3. The van der Waals surface area contributed by atoms with Gasteiger partial charge in [-0.05, 0) is 74.5 Å². The van der Waals surface area contributed by atoms with Gasteiger partial charge in [0.2, 0.25) is 5.95 Å². The quantitative estimate of drug-likeness (QED) is 0.391. The molecule has 2 atom stereocenters. The average molecular weight is 442 g/mol. The van der Waals surface area contributed by atoms with E-state index in [1.807, 2.05) is 13.2 Å². The maximum atomic E-state index is 4.76. The molecule has 3 heterocycles. The van der Waals surface area contributed by atoms with Crippen LogP contribution in [0.2, 0.25) is 0 Å². The number of nitrogens with one attached hydrogen (secondary N) is 2. The maximum Gasteiger partial charge on any atom is 0.223 e. The van der Waals surface area contributed by atoms with Crippen molar-refractivity contribution >= 4 is 33.7 Å². The summed E-state index contributed by atoms with van der Waals surface area (Å²) in [5.74, 6) is 3.22. The van der Waals surface area contributed by atoms with E-state index in [2.05, 4.69) is 60.6 Å². The number of aromatic nitrogens is 5. The number of aryl methyl sites for hydroxylation is 1. The molecule has 0 amide bonds. The molecule has 1 aromatic carbocycles. The predicted octanol–water partition coefficient (Wildman–Crippen LogP) is 5.21. The molecule has 6 rings (SSSR count). The van der Waals surface area contributed by atoms with Crippen LogP contribution in [-0.4, -0.2) is 38.1 Å². The Bertz CT molecular complexity index is 1280. The van der Waals surface area contributed by atoms with E-state index in [1.165, 1.54) is 44.1 Å². The van der Waals surface area contributed by atoms with Gasteiger partial charge < -0.3 is 15.2 Å². The molecule has 4 aromatic rings. The summed E-state index contributed by atoms with van der Waals surface area (Å²) in [6.07, 6.45) is 14.5. The minimum absolute atomic E-state index is 0.525. The smallest absolute Gasteiger partial charge is 0.223 e. The highest BCUT2D eigenvalue weighted by Gasteiger charge is 2.27. The topological polar surface area (TPSA) is 80.5 Å². The van der Waals surface area contributed by atoms with Gasteiger partial charge in [-0.15, -0.1) is 0 Å². The van der Waals surface area contributed by atoms with Crippen LogP contribution < -0.4 is 10.6 Å². The van der Waals surface area contributed by atoms with Crippen LogP contribution in [0.3, 0.4) is 0 Å². The lowest BCUT2D eigenvalue weighted by Gasteiger charge is -2.15. The van der Waals surface area contributed by atoms with Gasteiger partial charge in [-0.3, -0.25) is 0 Å². The predicted molar refractivity (Wildman–Crippen MR) is 133 cm³/mol. The molecule has 170 valence electrons. The normalized spacial score (nSPS) is 20.5. The Labute approximate surface area is 194 Å². The molecule has 0 saturated heterocycles. The molecule has 2 N–H and O–H groups in total. The van der Waals surface area contributed by atoms with Crippen molar-refractivity contribution in [1.82, 2.24) is 24.5 Å². The van der Waals surface area contributed by atoms with Crippen molar-refractivity contribution in [2.45, 2.75) is 51.0 Å². The van der Waals surface area contributed by atoms with E-state index in [0.29, 0.717) is 6.04 Å². The molecular formula is C26H31N7. The van der Waals surface area contributed by atoms with Crippen molar-refractivity contribution in [2.75, 3.05) is 24.2 Å². The fourth-order valence-electron chi connectivity index (χ4n) is 5.27. The Morgan fingerprint density at radius 1 is 1.03 bits per heavy atom. The highest BCUT2D eigenvalue weighted by molar-refractivity contribution is 5.87. The Hall–Kier alpha value is -3.22. The molecule has 2 aliphatic carbocycles. The van der Waals surface area contributed by atoms with E-state index in [4.69, 9.17) is 4.98 Å². The summed E-state index contributed by atoms with van der Waals surface area (Å²) in [4.78, 5) is 18.1. The molecule has 0 aliphatic heterocycles. The van der Waals surface area contributed by atoms with Crippen LogP contribution in [0.15, 0.2) is 43.0 Å². The lowest BCUT2D eigenvalue weighted by atomic mass is 9.97. The lowest BCUT2D eigenvalue weighted by Crippen LogP contribution is -2.07. The molecule has 2 unspecified atom stereocenters. The molecule has 2 saturated carbocycles. The third-order valence-electron chi connectivity index (χ3n) is 7.39.